The molecule has 0 saturated heterocycles. The molecule has 0 aliphatic heterocycles. The van der Waals surface area contributed by atoms with Crippen LogP contribution in [0.4, 0.5) is 0 Å². The number of hydrogen-bond donors (Lipinski definition) is 0. The largest absolute Gasteiger partial charge is 0.496 e. The highest BCUT2D eigenvalue weighted by atomic mass is 32.1. The highest BCUT2D eigenvalue weighted by molar-refractivity contribution is 7.16. The Balaban J connectivity index is 2.85. The lowest BCUT2D eigenvalue weighted by Crippen LogP contribution is -1.90. The van der Waals surface area contributed by atoms with Gasteiger partial charge in [-0.2, -0.15) is 0 Å². The molecular weight excluding hydrogens is 184 g/mol. The van der Waals surface area contributed by atoms with Crippen molar-refractivity contribution in [3.63, 3.8) is 0 Å². The summed E-state index contributed by atoms with van der Waals surface area (Å²) in [5.74, 6) is 0.814. The summed E-state index contributed by atoms with van der Waals surface area (Å²) in [5.41, 5.74) is 0. The molecule has 0 saturated carbocycles. The fourth-order valence-electron chi connectivity index (χ4n) is 1.25. The van der Waals surface area contributed by atoms with Gasteiger partial charge in [0.2, 0.25) is 4.74 Å². The van der Waals surface area contributed by atoms with Crippen molar-refractivity contribution < 1.29 is 4.74 Å². The molecule has 1 heterocycles. The minimum atomic E-state index is 0.0701. The molecule has 0 spiro atoms. The quantitative estimate of drug-likeness (QED) is 0.692. The van der Waals surface area contributed by atoms with Crippen LogP contribution in [-0.4, -0.2) is 7.11 Å². The van der Waals surface area contributed by atoms with Crippen molar-refractivity contribution in [2.45, 2.75) is 0 Å². The average molecular weight is 192 g/mol. The van der Waals surface area contributed by atoms with Crippen molar-refractivity contribution >= 4 is 21.4 Å². The summed E-state index contributed by atoms with van der Waals surface area (Å²) in [7, 11) is 1.63. The van der Waals surface area contributed by atoms with Crippen LogP contribution < -0.4 is 9.48 Å². The predicted molar refractivity (Wildman–Crippen MR) is 54.6 cm³/mol. The van der Waals surface area contributed by atoms with E-state index in [0.717, 1.165) is 15.8 Å². The summed E-state index contributed by atoms with van der Waals surface area (Å²) in [6, 6.07) is 9.06. The van der Waals surface area contributed by atoms with Crippen LogP contribution in [0.15, 0.2) is 35.1 Å². The second-order valence-electron chi connectivity index (χ2n) is 2.63. The van der Waals surface area contributed by atoms with Gasteiger partial charge in [-0.3, -0.25) is 4.79 Å². The molecular formula is C10H8O2S. The van der Waals surface area contributed by atoms with E-state index in [2.05, 4.69) is 0 Å². The van der Waals surface area contributed by atoms with E-state index in [4.69, 9.17) is 4.74 Å². The third kappa shape index (κ3) is 1.42. The normalized spacial score (nSPS) is 10.2. The van der Waals surface area contributed by atoms with Crippen molar-refractivity contribution in [1.82, 2.24) is 0 Å². The maximum Gasteiger partial charge on any atom is 0.232 e. The minimum Gasteiger partial charge on any atom is -0.496 e. The Bertz CT molecular complexity index is 487. The van der Waals surface area contributed by atoms with Gasteiger partial charge in [-0.15, -0.1) is 0 Å². The van der Waals surface area contributed by atoms with Gasteiger partial charge in [0.05, 0.1) is 7.11 Å². The van der Waals surface area contributed by atoms with Crippen LogP contribution in [0, 0.1) is 0 Å². The molecule has 0 aliphatic rings. The van der Waals surface area contributed by atoms with Crippen LogP contribution in [0.1, 0.15) is 0 Å². The van der Waals surface area contributed by atoms with E-state index in [-0.39, 0.29) is 4.74 Å². The van der Waals surface area contributed by atoms with Crippen molar-refractivity contribution in [3.05, 3.63) is 39.9 Å². The van der Waals surface area contributed by atoms with E-state index in [0.29, 0.717) is 0 Å². The first kappa shape index (κ1) is 8.26. The highest BCUT2D eigenvalue weighted by Gasteiger charge is 2.00. The van der Waals surface area contributed by atoms with Crippen molar-refractivity contribution in [1.29, 1.82) is 0 Å². The Morgan fingerprint density at radius 1 is 1.23 bits per heavy atom. The zero-order valence-electron chi connectivity index (χ0n) is 7.11. The van der Waals surface area contributed by atoms with Gasteiger partial charge in [-0.1, -0.05) is 17.4 Å². The molecule has 66 valence electrons. The van der Waals surface area contributed by atoms with Crippen LogP contribution in [0.2, 0.25) is 0 Å². The number of ether oxygens (including phenoxy) is 1. The van der Waals surface area contributed by atoms with Crippen LogP contribution >= 0.6 is 11.3 Å². The van der Waals surface area contributed by atoms with Crippen molar-refractivity contribution in [3.8, 4) is 5.75 Å². The molecule has 2 rings (SSSR count). The lowest BCUT2D eigenvalue weighted by atomic mass is 10.2. The van der Waals surface area contributed by atoms with Gasteiger partial charge in [0.1, 0.15) is 5.75 Å². The molecule has 0 bridgehead atoms. The second-order valence-corrected chi connectivity index (χ2v) is 3.67. The van der Waals surface area contributed by atoms with E-state index >= 15 is 0 Å². The Hall–Kier alpha value is -1.35. The number of fused-ring (bicyclic) bond motifs is 1. The summed E-state index contributed by atoms with van der Waals surface area (Å²) in [6.45, 7) is 0. The molecule has 0 radical (unpaired) electrons. The zero-order chi connectivity index (χ0) is 9.26. The second kappa shape index (κ2) is 3.18. The SMILES string of the molecule is COc1cccc2sc(=O)ccc12. The molecule has 0 atom stereocenters. The molecule has 3 heteroatoms. The van der Waals surface area contributed by atoms with Crippen LogP contribution in [0.3, 0.4) is 0 Å². The summed E-state index contributed by atoms with van der Waals surface area (Å²) < 4.78 is 6.21. The smallest absolute Gasteiger partial charge is 0.232 e. The van der Waals surface area contributed by atoms with E-state index in [1.807, 2.05) is 18.2 Å². The summed E-state index contributed by atoms with van der Waals surface area (Å²) in [5, 5.41) is 0.995. The van der Waals surface area contributed by atoms with Gasteiger partial charge < -0.3 is 4.74 Å². The van der Waals surface area contributed by atoms with E-state index in [1.165, 1.54) is 11.3 Å². The summed E-state index contributed by atoms with van der Waals surface area (Å²) in [6.07, 6.45) is 0. The summed E-state index contributed by atoms with van der Waals surface area (Å²) in [4.78, 5) is 11.1. The maximum absolute atomic E-state index is 11.1. The van der Waals surface area contributed by atoms with Gasteiger partial charge in [-0.25, -0.2) is 0 Å². The third-order valence-corrected chi connectivity index (χ3v) is 2.76. The Labute approximate surface area is 79.4 Å². The predicted octanol–water partition coefficient (Wildman–Crippen LogP) is 2.27. The van der Waals surface area contributed by atoms with Crippen molar-refractivity contribution in [2.24, 2.45) is 0 Å². The van der Waals surface area contributed by atoms with Gasteiger partial charge in [0.25, 0.3) is 0 Å². The molecule has 1 aromatic heterocycles. The molecule has 0 amide bonds. The monoisotopic (exact) mass is 192 g/mol. The number of methoxy groups -OCH3 is 1. The van der Waals surface area contributed by atoms with E-state index in [9.17, 15) is 4.79 Å². The Morgan fingerprint density at radius 3 is 2.85 bits per heavy atom. The highest BCUT2D eigenvalue weighted by Crippen LogP contribution is 2.25. The fraction of sp³-hybridized carbons (Fsp3) is 0.100. The van der Waals surface area contributed by atoms with Crippen LogP contribution in [0.25, 0.3) is 10.1 Å². The first-order valence-corrected chi connectivity index (χ1v) is 4.70. The zero-order valence-corrected chi connectivity index (χ0v) is 7.93. The standard InChI is InChI=1S/C10H8O2S/c1-12-8-3-2-4-9-7(8)5-6-10(11)13-9/h2-6H,1H3. The van der Waals surface area contributed by atoms with Crippen LogP contribution in [0.5, 0.6) is 5.75 Å². The van der Waals surface area contributed by atoms with Gasteiger partial charge in [-0.05, 0) is 24.3 Å². The molecule has 0 aliphatic carbocycles. The first-order valence-electron chi connectivity index (χ1n) is 3.88. The Kier molecular flexibility index (Phi) is 2.02. The molecule has 0 N–H and O–H groups in total. The maximum atomic E-state index is 11.1. The van der Waals surface area contributed by atoms with Gasteiger partial charge in [0.15, 0.2) is 0 Å². The van der Waals surface area contributed by atoms with E-state index in [1.54, 1.807) is 19.2 Å². The average Bonchev–Trinajstić information content (AvgIpc) is 2.16. The lowest BCUT2D eigenvalue weighted by molar-refractivity contribution is 0.420. The first-order chi connectivity index (χ1) is 6.31. The van der Waals surface area contributed by atoms with E-state index < -0.39 is 0 Å². The molecule has 0 fully saturated rings. The Morgan fingerprint density at radius 2 is 2.08 bits per heavy atom. The molecule has 13 heavy (non-hydrogen) atoms. The number of rotatable bonds is 1. The van der Waals surface area contributed by atoms with Crippen LogP contribution in [-0.2, 0) is 0 Å². The molecule has 0 unspecified atom stereocenters. The van der Waals surface area contributed by atoms with Gasteiger partial charge >= 0.3 is 0 Å². The van der Waals surface area contributed by atoms with Gasteiger partial charge in [0, 0.05) is 10.1 Å². The third-order valence-electron chi connectivity index (χ3n) is 1.84. The lowest BCUT2D eigenvalue weighted by Gasteiger charge is -2.02. The molecule has 2 aromatic rings. The fourth-order valence-corrected chi connectivity index (χ4v) is 2.03. The summed E-state index contributed by atoms with van der Waals surface area (Å²) >= 11 is 1.24. The van der Waals surface area contributed by atoms with Crippen molar-refractivity contribution in [2.75, 3.05) is 7.11 Å². The number of benzene rings is 1. The topological polar surface area (TPSA) is 26.3 Å². The molecule has 1 aromatic carbocycles. The number of hydrogen-bond acceptors (Lipinski definition) is 3. The molecule has 2 nitrogen and oxygen atoms in total. The minimum absolute atomic E-state index is 0.0701.